The molecule has 0 amide bonds. The molecule has 3 aromatic rings. The Kier molecular flexibility index (Phi) is 4.35. The largest absolute Gasteiger partial charge is 0.417 e. The van der Waals surface area contributed by atoms with Crippen molar-refractivity contribution < 1.29 is 26.0 Å². The van der Waals surface area contributed by atoms with Gasteiger partial charge >= 0.3 is 6.18 Å². The van der Waals surface area contributed by atoms with Gasteiger partial charge in [-0.15, -0.1) is 0 Å². The first-order valence-electron chi connectivity index (χ1n) is 7.29. The number of alkyl halides is 3. The molecule has 0 saturated heterocycles. The quantitative estimate of drug-likeness (QED) is 0.639. The Hall–Kier alpha value is -2.68. The van der Waals surface area contributed by atoms with E-state index in [2.05, 4.69) is 5.10 Å². The minimum atomic E-state index is -4.78. The predicted molar refractivity (Wildman–Crippen MR) is 87.1 cm³/mol. The van der Waals surface area contributed by atoms with Crippen molar-refractivity contribution in [2.75, 3.05) is 6.26 Å². The van der Waals surface area contributed by atoms with Gasteiger partial charge in [0.05, 0.1) is 28.0 Å². The van der Waals surface area contributed by atoms with E-state index < -0.39 is 32.3 Å². The van der Waals surface area contributed by atoms with Gasteiger partial charge in [-0.25, -0.2) is 17.5 Å². The van der Waals surface area contributed by atoms with E-state index in [0.29, 0.717) is 6.07 Å². The van der Waals surface area contributed by atoms with Crippen LogP contribution in [0.2, 0.25) is 0 Å². The Morgan fingerprint density at radius 3 is 2.38 bits per heavy atom. The maximum atomic E-state index is 13.5. The van der Waals surface area contributed by atoms with Gasteiger partial charge in [0.15, 0.2) is 9.84 Å². The maximum absolute atomic E-state index is 13.5. The van der Waals surface area contributed by atoms with E-state index in [0.717, 1.165) is 29.1 Å². The molecule has 0 fully saturated rings. The van der Waals surface area contributed by atoms with Gasteiger partial charge in [0.25, 0.3) is 0 Å². The molecule has 0 unspecified atom stereocenters. The van der Waals surface area contributed by atoms with Crippen molar-refractivity contribution in [2.24, 2.45) is 0 Å². The molecule has 26 heavy (non-hydrogen) atoms. The van der Waals surface area contributed by atoms with Crippen molar-refractivity contribution in [1.82, 2.24) is 9.78 Å². The summed E-state index contributed by atoms with van der Waals surface area (Å²) in [6.07, 6.45) is -2.67. The number of nitrogens with zero attached hydrogens (tertiary/aromatic N) is 2. The van der Waals surface area contributed by atoms with Gasteiger partial charge in [0.2, 0.25) is 0 Å². The minimum absolute atomic E-state index is 0.0583. The number of hydrogen-bond acceptors (Lipinski definition) is 3. The van der Waals surface area contributed by atoms with Gasteiger partial charge in [-0.05, 0) is 36.4 Å². The Morgan fingerprint density at radius 2 is 1.77 bits per heavy atom. The average Bonchev–Trinajstić information content (AvgIpc) is 3.02. The van der Waals surface area contributed by atoms with Crippen LogP contribution in [0.5, 0.6) is 0 Å². The van der Waals surface area contributed by atoms with Crippen LogP contribution >= 0.6 is 0 Å². The lowest BCUT2D eigenvalue weighted by Crippen LogP contribution is -2.11. The first-order chi connectivity index (χ1) is 12.1. The standard InChI is InChI=1S/C17H12F4N2O2S/c1-26(24,25)13-5-6-14(15(10-13)17(19,20)21)16-7-8-22-23(16)12-4-2-3-11(18)9-12/h2-10H,1H3. The second kappa shape index (κ2) is 6.24. The third-order valence-corrected chi connectivity index (χ3v) is 4.81. The van der Waals surface area contributed by atoms with Crippen LogP contribution in [0.4, 0.5) is 17.6 Å². The Balaban J connectivity index is 2.25. The zero-order chi connectivity index (χ0) is 19.1. The summed E-state index contributed by atoms with van der Waals surface area (Å²) < 4.78 is 78.4. The zero-order valence-corrected chi connectivity index (χ0v) is 14.1. The summed E-state index contributed by atoms with van der Waals surface area (Å²) >= 11 is 0. The van der Waals surface area contributed by atoms with Crippen molar-refractivity contribution in [1.29, 1.82) is 0 Å². The van der Waals surface area contributed by atoms with Crippen molar-refractivity contribution in [3.05, 3.63) is 66.1 Å². The molecule has 0 radical (unpaired) electrons. The van der Waals surface area contributed by atoms with Gasteiger partial charge in [-0.2, -0.15) is 18.3 Å². The van der Waals surface area contributed by atoms with Gasteiger partial charge in [-0.3, -0.25) is 0 Å². The molecule has 0 bridgehead atoms. The highest BCUT2D eigenvalue weighted by Gasteiger charge is 2.35. The summed E-state index contributed by atoms with van der Waals surface area (Å²) in [5.74, 6) is -0.563. The van der Waals surface area contributed by atoms with Crippen molar-refractivity contribution in [3.63, 3.8) is 0 Å². The molecule has 0 spiro atoms. The molecule has 1 heterocycles. The molecule has 1 aromatic heterocycles. The number of halogens is 4. The first kappa shape index (κ1) is 18.1. The van der Waals surface area contributed by atoms with E-state index in [4.69, 9.17) is 0 Å². The summed E-state index contributed by atoms with van der Waals surface area (Å²) in [7, 11) is -3.81. The summed E-state index contributed by atoms with van der Waals surface area (Å²) in [5.41, 5.74) is -1.07. The number of hydrogen-bond donors (Lipinski definition) is 0. The molecule has 0 saturated carbocycles. The van der Waals surface area contributed by atoms with Gasteiger partial charge < -0.3 is 0 Å². The van der Waals surface area contributed by atoms with E-state index >= 15 is 0 Å². The van der Waals surface area contributed by atoms with Crippen LogP contribution < -0.4 is 0 Å². The van der Waals surface area contributed by atoms with Crippen molar-refractivity contribution >= 4 is 9.84 Å². The molecule has 0 aliphatic rings. The SMILES string of the molecule is CS(=O)(=O)c1ccc(-c2ccnn2-c2cccc(F)c2)c(C(F)(F)F)c1. The average molecular weight is 384 g/mol. The summed E-state index contributed by atoms with van der Waals surface area (Å²) in [6, 6.07) is 9.35. The highest BCUT2D eigenvalue weighted by atomic mass is 32.2. The number of rotatable bonds is 3. The molecule has 0 N–H and O–H groups in total. The summed E-state index contributed by atoms with van der Waals surface area (Å²) in [4.78, 5) is -0.439. The highest BCUT2D eigenvalue weighted by Crippen LogP contribution is 2.38. The van der Waals surface area contributed by atoms with Crippen LogP contribution in [-0.4, -0.2) is 24.5 Å². The fourth-order valence-electron chi connectivity index (χ4n) is 2.53. The van der Waals surface area contributed by atoms with Crippen LogP contribution in [0.3, 0.4) is 0 Å². The van der Waals surface area contributed by atoms with Crippen LogP contribution in [0.25, 0.3) is 16.9 Å². The second-order valence-electron chi connectivity index (χ2n) is 5.59. The molecule has 0 atom stereocenters. The first-order valence-corrected chi connectivity index (χ1v) is 9.18. The predicted octanol–water partition coefficient (Wildman–Crippen LogP) is 4.10. The van der Waals surface area contributed by atoms with Gasteiger partial charge in [-0.1, -0.05) is 12.1 Å². The molecule has 4 nitrogen and oxygen atoms in total. The lowest BCUT2D eigenvalue weighted by Gasteiger charge is -2.15. The molecule has 9 heteroatoms. The fraction of sp³-hybridized carbons (Fsp3) is 0.118. The summed E-state index contributed by atoms with van der Waals surface area (Å²) in [6.45, 7) is 0. The maximum Gasteiger partial charge on any atom is 0.417 e. The smallest absolute Gasteiger partial charge is 0.233 e. The lowest BCUT2D eigenvalue weighted by molar-refractivity contribution is -0.137. The van der Waals surface area contributed by atoms with Gasteiger partial charge in [0, 0.05) is 11.8 Å². The van der Waals surface area contributed by atoms with E-state index in [-0.39, 0.29) is 16.9 Å². The van der Waals surface area contributed by atoms with E-state index in [1.807, 2.05) is 0 Å². The van der Waals surface area contributed by atoms with Gasteiger partial charge in [0.1, 0.15) is 5.82 Å². The van der Waals surface area contributed by atoms with Crippen molar-refractivity contribution in [3.8, 4) is 16.9 Å². The second-order valence-corrected chi connectivity index (χ2v) is 7.60. The van der Waals surface area contributed by atoms with Crippen molar-refractivity contribution in [2.45, 2.75) is 11.1 Å². The monoisotopic (exact) mass is 384 g/mol. The molecule has 136 valence electrons. The Labute approximate surface area is 146 Å². The lowest BCUT2D eigenvalue weighted by atomic mass is 10.0. The molecular weight excluding hydrogens is 372 g/mol. The molecule has 3 rings (SSSR count). The fourth-order valence-corrected chi connectivity index (χ4v) is 3.18. The van der Waals surface area contributed by atoms with E-state index in [1.54, 1.807) is 0 Å². The van der Waals surface area contributed by atoms with E-state index in [1.165, 1.54) is 30.5 Å². The minimum Gasteiger partial charge on any atom is -0.233 e. The molecule has 0 aliphatic heterocycles. The van der Waals surface area contributed by atoms with Crippen LogP contribution in [0.1, 0.15) is 5.56 Å². The van der Waals surface area contributed by atoms with Crippen LogP contribution in [0, 0.1) is 5.82 Å². The Morgan fingerprint density at radius 1 is 1.04 bits per heavy atom. The molecule has 0 aliphatic carbocycles. The third-order valence-electron chi connectivity index (χ3n) is 3.70. The number of benzene rings is 2. The molecule has 2 aromatic carbocycles. The molecular formula is C17H12F4N2O2S. The highest BCUT2D eigenvalue weighted by molar-refractivity contribution is 7.90. The summed E-state index contributed by atoms with van der Waals surface area (Å²) in [5, 5.41) is 3.96. The topological polar surface area (TPSA) is 52.0 Å². The van der Waals surface area contributed by atoms with Crippen LogP contribution in [0.15, 0.2) is 59.6 Å². The van der Waals surface area contributed by atoms with E-state index in [9.17, 15) is 26.0 Å². The zero-order valence-electron chi connectivity index (χ0n) is 13.3. The number of aromatic nitrogens is 2. The Bertz CT molecular complexity index is 1070. The third kappa shape index (κ3) is 3.48. The number of sulfone groups is 1. The van der Waals surface area contributed by atoms with Crippen LogP contribution in [-0.2, 0) is 16.0 Å². The normalized spacial score (nSPS) is 12.3.